The van der Waals surface area contributed by atoms with E-state index in [2.05, 4.69) is 217 Å². The molecule has 1 aromatic heterocycles. The van der Waals surface area contributed by atoms with Crippen LogP contribution in [0.25, 0.3) is 55.3 Å². The Bertz CT molecular complexity index is 3150. The molecule has 9 aromatic carbocycles. The largest absolute Gasteiger partial charge is 0.457 e. The zero-order valence-corrected chi connectivity index (χ0v) is 31.5. The van der Waals surface area contributed by atoms with Crippen LogP contribution in [-0.4, -0.2) is 0 Å². The summed E-state index contributed by atoms with van der Waals surface area (Å²) in [6, 6.07) is 75.9. The number of nitrogens with zero attached hydrogens (tertiary/aromatic N) is 1. The highest BCUT2D eigenvalue weighted by molar-refractivity contribution is 6.14. The molecule has 0 saturated carbocycles. The summed E-state index contributed by atoms with van der Waals surface area (Å²) in [5.41, 5.74) is 16.3. The summed E-state index contributed by atoms with van der Waals surface area (Å²) >= 11 is 0. The normalized spacial score (nSPS) is 13.1. The van der Waals surface area contributed by atoms with Crippen LogP contribution >= 0.6 is 0 Å². The van der Waals surface area contributed by atoms with E-state index in [0.717, 1.165) is 72.8 Å². The van der Waals surface area contributed by atoms with Crippen molar-refractivity contribution in [3.05, 3.63) is 235 Å². The van der Waals surface area contributed by atoms with Gasteiger partial charge in [-0.1, -0.05) is 146 Å². The maximum Gasteiger partial charge on any atom is 0.136 e. The third-order valence-corrected chi connectivity index (χ3v) is 12.1. The molecule has 58 heavy (non-hydrogen) atoms. The van der Waals surface area contributed by atoms with E-state index in [0.29, 0.717) is 0 Å². The summed E-state index contributed by atoms with van der Waals surface area (Å²) in [5.74, 6) is 1.77. The highest BCUT2D eigenvalue weighted by Gasteiger charge is 2.51. The highest BCUT2D eigenvalue weighted by Crippen LogP contribution is 2.62. The lowest BCUT2D eigenvalue weighted by atomic mass is 9.66. The molecule has 1 aliphatic carbocycles. The van der Waals surface area contributed by atoms with Crippen molar-refractivity contribution >= 4 is 39.0 Å². The van der Waals surface area contributed by atoms with Crippen molar-refractivity contribution in [3.63, 3.8) is 0 Å². The molecule has 2 heterocycles. The van der Waals surface area contributed by atoms with Crippen molar-refractivity contribution in [1.29, 1.82) is 0 Å². The summed E-state index contributed by atoms with van der Waals surface area (Å²) in [6.45, 7) is 0. The fourth-order valence-corrected chi connectivity index (χ4v) is 9.68. The molecule has 12 rings (SSSR count). The van der Waals surface area contributed by atoms with Gasteiger partial charge in [-0.05, 0) is 111 Å². The van der Waals surface area contributed by atoms with E-state index in [4.69, 9.17) is 9.15 Å². The first-order valence-corrected chi connectivity index (χ1v) is 19.8. The molecular weight excluding hydrogens is 707 g/mol. The smallest absolute Gasteiger partial charge is 0.136 e. The summed E-state index contributed by atoms with van der Waals surface area (Å²) in [5, 5.41) is 2.20. The minimum Gasteiger partial charge on any atom is -0.457 e. The predicted molar refractivity (Wildman–Crippen MR) is 237 cm³/mol. The second kappa shape index (κ2) is 12.7. The molecule has 2 aliphatic rings. The molecule has 0 amide bonds. The lowest BCUT2D eigenvalue weighted by molar-refractivity contribution is 0.436. The number of benzene rings is 9. The molecule has 3 nitrogen and oxygen atoms in total. The Morgan fingerprint density at radius 1 is 0.345 bits per heavy atom. The molecule has 0 atom stereocenters. The van der Waals surface area contributed by atoms with Gasteiger partial charge in [0, 0.05) is 39.0 Å². The monoisotopic (exact) mass is 741 g/mol. The van der Waals surface area contributed by atoms with Crippen molar-refractivity contribution in [2.45, 2.75) is 5.41 Å². The molecule has 0 N–H and O–H groups in total. The summed E-state index contributed by atoms with van der Waals surface area (Å²) in [7, 11) is 0. The zero-order chi connectivity index (χ0) is 38.2. The van der Waals surface area contributed by atoms with Gasteiger partial charge < -0.3 is 14.1 Å². The topological polar surface area (TPSA) is 25.6 Å². The Morgan fingerprint density at radius 2 is 0.914 bits per heavy atom. The van der Waals surface area contributed by atoms with E-state index in [-0.39, 0.29) is 0 Å². The van der Waals surface area contributed by atoms with E-state index in [9.17, 15) is 0 Å². The second-order valence-electron chi connectivity index (χ2n) is 15.2. The minimum atomic E-state index is -0.559. The Hall–Kier alpha value is -7.62. The van der Waals surface area contributed by atoms with E-state index < -0.39 is 5.41 Å². The Morgan fingerprint density at radius 3 is 1.67 bits per heavy atom. The maximum atomic E-state index is 6.80. The molecule has 1 aliphatic heterocycles. The van der Waals surface area contributed by atoms with Crippen LogP contribution in [0.4, 0.5) is 17.1 Å². The molecule has 0 unspecified atom stereocenters. The van der Waals surface area contributed by atoms with Crippen LogP contribution in [0.15, 0.2) is 217 Å². The molecule has 1 spiro atoms. The molecular formula is C55H35NO2. The van der Waals surface area contributed by atoms with Crippen LogP contribution in [0.5, 0.6) is 11.5 Å². The Kier molecular flexibility index (Phi) is 7.14. The van der Waals surface area contributed by atoms with Gasteiger partial charge in [-0.2, -0.15) is 0 Å². The van der Waals surface area contributed by atoms with Gasteiger partial charge in [-0.3, -0.25) is 0 Å². The lowest BCUT2D eigenvalue weighted by Crippen LogP contribution is -2.32. The van der Waals surface area contributed by atoms with Crippen LogP contribution in [-0.2, 0) is 5.41 Å². The van der Waals surface area contributed by atoms with Gasteiger partial charge in [-0.25, -0.2) is 0 Å². The molecule has 3 heteroatoms. The van der Waals surface area contributed by atoms with Crippen LogP contribution in [0.1, 0.15) is 22.3 Å². The first kappa shape index (κ1) is 32.6. The number of hydrogen-bond donors (Lipinski definition) is 0. The van der Waals surface area contributed by atoms with E-state index in [1.54, 1.807) is 0 Å². The lowest BCUT2D eigenvalue weighted by Gasteiger charge is -2.39. The summed E-state index contributed by atoms with van der Waals surface area (Å²) in [6.07, 6.45) is 0. The standard InChI is InChI=1S/C55H35NO2/c1-3-15-36(16-4-1)37-29-31-40(32-30-37)56(39-18-5-2-6-19-39)41-20-13-17-38(33-41)42-22-14-28-52-54(42)45-34-49-44(35-53(45)58-52)43-21-7-8-23-46(43)55(49)47-24-9-11-26-50(47)57-51-27-12-10-25-48(51)55/h1-35H. The fraction of sp³-hybridized carbons (Fsp3) is 0.0182. The predicted octanol–water partition coefficient (Wildman–Crippen LogP) is 14.9. The SMILES string of the molecule is c1ccc(-c2ccc(N(c3ccccc3)c3cccc(-c4cccc5oc6cc7c(cc6c45)C4(c5ccccc5Oc5ccccc54)c4ccccc4-7)c3)cc2)cc1. The molecule has 0 radical (unpaired) electrons. The molecule has 0 bridgehead atoms. The number of rotatable bonds is 5. The van der Waals surface area contributed by atoms with Gasteiger partial charge >= 0.3 is 0 Å². The second-order valence-corrected chi connectivity index (χ2v) is 15.2. The third-order valence-electron chi connectivity index (χ3n) is 12.1. The van der Waals surface area contributed by atoms with E-state index >= 15 is 0 Å². The third kappa shape index (κ3) is 4.74. The number of hydrogen-bond acceptors (Lipinski definition) is 3. The van der Waals surface area contributed by atoms with Crippen LogP contribution in [0.3, 0.4) is 0 Å². The summed E-state index contributed by atoms with van der Waals surface area (Å²) < 4.78 is 13.4. The van der Waals surface area contributed by atoms with Gasteiger partial charge in [0.1, 0.15) is 22.7 Å². The first-order valence-electron chi connectivity index (χ1n) is 19.8. The van der Waals surface area contributed by atoms with E-state index in [1.165, 1.54) is 33.4 Å². The number of anilines is 3. The summed E-state index contributed by atoms with van der Waals surface area (Å²) in [4.78, 5) is 2.33. The number of furan rings is 1. The molecule has 272 valence electrons. The van der Waals surface area contributed by atoms with Gasteiger partial charge in [-0.15, -0.1) is 0 Å². The highest BCUT2D eigenvalue weighted by atomic mass is 16.5. The van der Waals surface area contributed by atoms with Crippen molar-refractivity contribution in [2.75, 3.05) is 4.90 Å². The number of ether oxygens (including phenoxy) is 1. The minimum absolute atomic E-state index is 0.559. The Balaban J connectivity index is 1.06. The van der Waals surface area contributed by atoms with Gasteiger partial charge in [0.25, 0.3) is 0 Å². The van der Waals surface area contributed by atoms with Crippen molar-refractivity contribution in [1.82, 2.24) is 0 Å². The number of fused-ring (bicyclic) bond motifs is 12. The van der Waals surface area contributed by atoms with Gasteiger partial charge in [0.15, 0.2) is 0 Å². The van der Waals surface area contributed by atoms with Gasteiger partial charge in [0.2, 0.25) is 0 Å². The zero-order valence-electron chi connectivity index (χ0n) is 31.5. The fourth-order valence-electron chi connectivity index (χ4n) is 9.68. The first-order chi connectivity index (χ1) is 28.8. The Labute approximate surface area is 336 Å². The average Bonchev–Trinajstić information content (AvgIpc) is 3.80. The quantitative estimate of drug-likeness (QED) is 0.176. The molecule has 0 fully saturated rings. The van der Waals surface area contributed by atoms with E-state index in [1.807, 2.05) is 0 Å². The van der Waals surface area contributed by atoms with Crippen molar-refractivity contribution < 1.29 is 9.15 Å². The van der Waals surface area contributed by atoms with Crippen molar-refractivity contribution in [2.24, 2.45) is 0 Å². The van der Waals surface area contributed by atoms with Crippen LogP contribution in [0.2, 0.25) is 0 Å². The van der Waals surface area contributed by atoms with Crippen molar-refractivity contribution in [3.8, 4) is 44.9 Å². The maximum absolute atomic E-state index is 6.80. The van der Waals surface area contributed by atoms with Gasteiger partial charge in [0.05, 0.1) is 5.41 Å². The number of para-hydroxylation sites is 3. The average molecular weight is 742 g/mol. The molecule has 10 aromatic rings. The van der Waals surface area contributed by atoms with Crippen LogP contribution in [0, 0.1) is 0 Å². The van der Waals surface area contributed by atoms with Crippen LogP contribution < -0.4 is 9.64 Å². The molecule has 0 saturated heterocycles.